The third-order valence-electron chi connectivity index (χ3n) is 23.3. The summed E-state index contributed by atoms with van der Waals surface area (Å²) in [6.45, 7) is 29.1. The van der Waals surface area contributed by atoms with Gasteiger partial charge in [-0.1, -0.05) is 80.9 Å². The molecule has 15 nitrogen and oxygen atoms in total. The van der Waals surface area contributed by atoms with Crippen molar-refractivity contribution in [3.8, 4) is 0 Å². The molecule has 456 valence electrons. The monoisotopic (exact) mass is 1160 g/mol. The van der Waals surface area contributed by atoms with Crippen LogP contribution >= 0.6 is 0 Å². The number of aliphatic carboxylic acids is 1. The topological polar surface area (TPSA) is 224 Å². The molecular weight excluding hydrogens is 1060 g/mol. The number of fused-ring (bicyclic) bond motifs is 5. The van der Waals surface area contributed by atoms with Crippen LogP contribution in [0.2, 0.25) is 0 Å². The Bertz CT molecular complexity index is 2480. The van der Waals surface area contributed by atoms with Crippen LogP contribution in [0.5, 0.6) is 0 Å². The summed E-state index contributed by atoms with van der Waals surface area (Å²) in [5.74, 6) is -5.21. The number of carbonyl (C=O) groups excluding carboxylic acids is 5. The summed E-state index contributed by atoms with van der Waals surface area (Å²) in [7, 11) is 0. The Hall–Kier alpha value is -2.15. The molecule has 9 rings (SSSR count). The Balaban J connectivity index is 0.000000279. The van der Waals surface area contributed by atoms with Crippen LogP contribution in [0.1, 0.15) is 207 Å². The number of carboxylic acids is 1. The maximum atomic E-state index is 14.4. The molecule has 0 bridgehead atoms. The largest absolute Gasteiger partial charge is 1.00 e. The van der Waals surface area contributed by atoms with Gasteiger partial charge in [0, 0.05) is 60.7 Å². The second-order valence-corrected chi connectivity index (χ2v) is 27.9. The number of allylic oxidation sites excluding steroid dienone is 4. The molecule has 24 unspecified atom stereocenters. The first-order valence-corrected chi connectivity index (χ1v) is 31.4. The molecule has 2 saturated carbocycles. The molecule has 5 aliphatic heterocycles. The zero-order valence-electron chi connectivity index (χ0n) is 52.7. The molecule has 2 spiro atoms. The quantitative estimate of drug-likeness (QED) is 0.0968. The number of aliphatic hydroxyl groups excluding tert-OH is 2. The van der Waals surface area contributed by atoms with Crippen molar-refractivity contribution < 1.29 is 102 Å². The summed E-state index contributed by atoms with van der Waals surface area (Å²) >= 11 is 0. The van der Waals surface area contributed by atoms with E-state index in [0.29, 0.717) is 88.4 Å². The molecule has 0 amide bonds. The van der Waals surface area contributed by atoms with Crippen LogP contribution in [0.4, 0.5) is 0 Å². The second-order valence-electron chi connectivity index (χ2n) is 27.9. The molecule has 3 N–H and O–H groups in total. The molecule has 5 heterocycles. The molecular formula is C66H101NaO15. The summed E-state index contributed by atoms with van der Waals surface area (Å²) in [5, 5.41) is 46.0. The van der Waals surface area contributed by atoms with Gasteiger partial charge in [-0.25, -0.2) is 0 Å². The number of ether oxygens (including phenoxy) is 6. The molecule has 0 aromatic heterocycles. The minimum atomic E-state index is -1.37. The Kier molecular flexibility index (Phi) is 20.7. The summed E-state index contributed by atoms with van der Waals surface area (Å²) in [6.07, 6.45) is 14.4. The van der Waals surface area contributed by atoms with Crippen molar-refractivity contribution in [2.75, 3.05) is 0 Å². The van der Waals surface area contributed by atoms with Gasteiger partial charge in [-0.05, 0) is 176 Å². The van der Waals surface area contributed by atoms with Gasteiger partial charge in [0.25, 0.3) is 0 Å². The Morgan fingerprint density at radius 1 is 0.829 bits per heavy atom. The molecule has 6 fully saturated rings. The third-order valence-corrected chi connectivity index (χ3v) is 23.3. The molecule has 0 aromatic rings. The van der Waals surface area contributed by atoms with Crippen molar-refractivity contribution in [1.29, 1.82) is 0 Å². The normalized spacial score (nSPS) is 45.1. The van der Waals surface area contributed by atoms with E-state index in [1.807, 2.05) is 47.6 Å². The van der Waals surface area contributed by atoms with E-state index in [0.717, 1.165) is 32.1 Å². The standard InChI is InChI=1S/C42H70O11.C24H32O4.Na/c1-11-29(38(46)47)31-15-14-23(4)36(50-31)27(8)34(44)26(7)35(45)30(12-2)37-24(5)22-25(6)41(51-37)19-16-32(43)42(53-41)21-20-39(10,52-42)33-17-18-40(48,13-3)28(9)49-33;1-14-12-18-19(22(4)9-6-17(27)13-21(14)22)7-10-23(5)20(18)8-11-24(23,15(2)25)28-16(3)26;/h16,19,23-34,36-37,43-44,48H,11-15,17-18,20-22H2,1-10H3,(H,46,47);12-13,18-20H,6-11H2,1-5H3;/q;;+1/p-1. The van der Waals surface area contributed by atoms with E-state index in [4.69, 9.17) is 28.4 Å². The fourth-order valence-electron chi connectivity index (χ4n) is 18.0. The predicted octanol–water partition coefficient (Wildman–Crippen LogP) is 6.43. The zero-order chi connectivity index (χ0) is 59.7. The number of hydrogen-bond donors (Lipinski definition) is 3. The van der Waals surface area contributed by atoms with Crippen molar-refractivity contribution in [3.05, 3.63) is 35.5 Å². The summed E-state index contributed by atoms with van der Waals surface area (Å²) in [4.78, 5) is 63.0. The Morgan fingerprint density at radius 2 is 1.50 bits per heavy atom. The molecule has 0 radical (unpaired) electrons. The van der Waals surface area contributed by atoms with Gasteiger partial charge in [-0.15, -0.1) is 0 Å². The van der Waals surface area contributed by atoms with E-state index in [1.165, 1.54) is 18.1 Å². The molecule has 16 heteroatoms. The van der Waals surface area contributed by atoms with E-state index < -0.39 is 88.5 Å². The van der Waals surface area contributed by atoms with E-state index in [9.17, 15) is 44.4 Å². The minimum Gasteiger partial charge on any atom is -0.550 e. The van der Waals surface area contributed by atoms with Gasteiger partial charge in [0.05, 0.1) is 47.8 Å². The van der Waals surface area contributed by atoms with Crippen molar-refractivity contribution >= 4 is 29.3 Å². The molecule has 0 aromatic carbocycles. The van der Waals surface area contributed by atoms with Crippen LogP contribution in [0.3, 0.4) is 0 Å². The first-order valence-electron chi connectivity index (χ1n) is 31.4. The molecule has 9 aliphatic rings. The van der Waals surface area contributed by atoms with Gasteiger partial charge in [0.1, 0.15) is 11.9 Å². The summed E-state index contributed by atoms with van der Waals surface area (Å²) < 4.78 is 39.2. The van der Waals surface area contributed by atoms with Crippen molar-refractivity contribution in [2.45, 2.75) is 278 Å². The fraction of sp³-hybridized carbons (Fsp3) is 0.833. The molecule has 4 saturated heterocycles. The summed E-state index contributed by atoms with van der Waals surface area (Å²) in [6, 6.07) is 0. The number of carbonyl (C=O) groups is 5. The number of hydrogen-bond acceptors (Lipinski definition) is 15. The number of Topliss-reactive ketones (excluding diaryl/α,β-unsaturated/α-hetero) is 2. The van der Waals surface area contributed by atoms with E-state index >= 15 is 0 Å². The van der Waals surface area contributed by atoms with E-state index in [-0.39, 0.29) is 93.7 Å². The van der Waals surface area contributed by atoms with Crippen LogP contribution < -0.4 is 34.7 Å². The number of ketones is 3. The number of esters is 1. The van der Waals surface area contributed by atoms with Crippen molar-refractivity contribution in [1.82, 2.24) is 0 Å². The van der Waals surface area contributed by atoms with Gasteiger partial charge < -0.3 is 53.6 Å². The third kappa shape index (κ3) is 11.7. The van der Waals surface area contributed by atoms with Gasteiger partial charge >= 0.3 is 35.5 Å². The average molecular weight is 1160 g/mol. The van der Waals surface area contributed by atoms with Crippen molar-refractivity contribution in [2.24, 2.45) is 70.0 Å². The van der Waals surface area contributed by atoms with Crippen LogP contribution in [-0.4, -0.2) is 116 Å². The maximum absolute atomic E-state index is 14.4. The first-order chi connectivity index (χ1) is 37.9. The van der Waals surface area contributed by atoms with Crippen molar-refractivity contribution in [3.63, 3.8) is 0 Å². The number of aliphatic hydroxyl groups is 3. The second kappa shape index (κ2) is 25.1. The molecule has 82 heavy (non-hydrogen) atoms. The van der Waals surface area contributed by atoms with Gasteiger partial charge in [0.2, 0.25) is 5.79 Å². The smallest absolute Gasteiger partial charge is 0.550 e. The van der Waals surface area contributed by atoms with Gasteiger partial charge in [-0.2, -0.15) is 0 Å². The van der Waals surface area contributed by atoms with E-state index in [1.54, 1.807) is 26.0 Å². The Labute approximate surface area is 511 Å². The van der Waals surface area contributed by atoms with Crippen LogP contribution in [0.15, 0.2) is 35.5 Å². The first kappa shape index (κ1) is 67.4. The average Bonchev–Trinajstić information content (AvgIpc) is 4.12. The number of carboxylic acid groups (broad SMARTS) is 1. The fourth-order valence-corrected chi connectivity index (χ4v) is 18.0. The van der Waals surface area contributed by atoms with Gasteiger partial charge in [0.15, 0.2) is 23.0 Å². The zero-order valence-corrected chi connectivity index (χ0v) is 54.7. The molecule has 4 aliphatic carbocycles. The number of rotatable bonds is 14. The van der Waals surface area contributed by atoms with Gasteiger partial charge in [-0.3, -0.25) is 19.2 Å². The van der Waals surface area contributed by atoms with Crippen LogP contribution in [0, 0.1) is 70.0 Å². The minimum absolute atomic E-state index is 0. The van der Waals surface area contributed by atoms with Crippen LogP contribution in [-0.2, 0) is 52.4 Å². The van der Waals surface area contributed by atoms with Crippen LogP contribution in [0.25, 0.3) is 0 Å². The summed E-state index contributed by atoms with van der Waals surface area (Å²) in [5.41, 5.74) is -0.483. The van der Waals surface area contributed by atoms with E-state index in [2.05, 4.69) is 47.6 Å². The Morgan fingerprint density at radius 3 is 2.11 bits per heavy atom. The predicted molar refractivity (Wildman–Crippen MR) is 302 cm³/mol. The maximum Gasteiger partial charge on any atom is 1.00 e. The molecule has 24 atom stereocenters. The SMILES string of the molecule is CC(=O)OC1(C(C)=O)CCC2C3C=C(C)C4=CC(=O)CCC4(C)C3CCC21C.CCC(C(=O)[O-])C1CCC(C)C(C(C)C(O)C(C)C(=O)C(CC)C2OC3(C=CC(O)C4(CCC(C)(C5CCC(O)(CC)C(C)O5)O4)O3)C(C)CC2C)O1.[Na+].